The number of nitrogens with zero attached hydrogens (tertiary/aromatic N) is 2. The number of rotatable bonds is 2. The standard InChI is InChI=1S/C14H14F2N2O3S2/c1-2-13(19)17-14-18(10-4-3-8(15)5-9(10)16)11-6-23(20,21)7-12(11)22-14/h3-5,11-12H,2,6-7H2,1H3/t11-,12+/m1/s1. The SMILES string of the molecule is CCC(=O)N=C1S[C@H]2CS(=O)(=O)C[C@H]2N1c1ccc(F)cc1F. The molecule has 124 valence electrons. The summed E-state index contributed by atoms with van der Waals surface area (Å²) in [7, 11) is -3.22. The maximum atomic E-state index is 14.2. The Morgan fingerprint density at radius 3 is 2.78 bits per heavy atom. The first-order valence-electron chi connectivity index (χ1n) is 7.03. The van der Waals surface area contributed by atoms with E-state index in [9.17, 15) is 22.0 Å². The number of amides is 1. The van der Waals surface area contributed by atoms with Gasteiger partial charge in [0.2, 0.25) is 5.91 Å². The lowest BCUT2D eigenvalue weighted by atomic mass is 10.2. The van der Waals surface area contributed by atoms with E-state index >= 15 is 0 Å². The molecule has 0 unspecified atom stereocenters. The van der Waals surface area contributed by atoms with Gasteiger partial charge in [-0.3, -0.25) is 4.79 Å². The summed E-state index contributed by atoms with van der Waals surface area (Å²) in [5.41, 5.74) is 0.0335. The van der Waals surface area contributed by atoms with Gasteiger partial charge in [0, 0.05) is 17.7 Å². The molecule has 2 atom stereocenters. The van der Waals surface area contributed by atoms with E-state index in [1.807, 2.05) is 0 Å². The Labute approximate surface area is 136 Å². The van der Waals surface area contributed by atoms with Crippen LogP contribution in [0.2, 0.25) is 0 Å². The molecule has 1 aromatic rings. The molecule has 9 heteroatoms. The summed E-state index contributed by atoms with van der Waals surface area (Å²) in [6.45, 7) is 1.65. The summed E-state index contributed by atoms with van der Waals surface area (Å²) in [6.07, 6.45) is 0.192. The Balaban J connectivity index is 2.06. The predicted molar refractivity (Wildman–Crippen MR) is 85.4 cm³/mol. The highest BCUT2D eigenvalue weighted by molar-refractivity contribution is 8.16. The van der Waals surface area contributed by atoms with Crippen molar-refractivity contribution in [3.63, 3.8) is 0 Å². The van der Waals surface area contributed by atoms with Crippen molar-refractivity contribution in [2.24, 2.45) is 4.99 Å². The number of thioether (sulfide) groups is 1. The summed E-state index contributed by atoms with van der Waals surface area (Å²) >= 11 is 1.16. The van der Waals surface area contributed by atoms with Gasteiger partial charge >= 0.3 is 0 Å². The Morgan fingerprint density at radius 2 is 2.13 bits per heavy atom. The first kappa shape index (κ1) is 16.4. The molecule has 1 aromatic carbocycles. The monoisotopic (exact) mass is 360 g/mol. The number of sulfone groups is 1. The van der Waals surface area contributed by atoms with Crippen LogP contribution in [-0.4, -0.2) is 42.3 Å². The van der Waals surface area contributed by atoms with Crippen molar-refractivity contribution in [3.05, 3.63) is 29.8 Å². The number of aliphatic imine (C=N–C) groups is 1. The third-order valence-corrected chi connectivity index (χ3v) is 6.97. The van der Waals surface area contributed by atoms with Crippen LogP contribution >= 0.6 is 11.8 Å². The van der Waals surface area contributed by atoms with Crippen LogP contribution in [-0.2, 0) is 14.6 Å². The van der Waals surface area contributed by atoms with Gasteiger partial charge < -0.3 is 4.90 Å². The van der Waals surface area contributed by atoms with Crippen molar-refractivity contribution in [1.29, 1.82) is 0 Å². The normalized spacial score (nSPS) is 27.4. The van der Waals surface area contributed by atoms with E-state index in [2.05, 4.69) is 4.99 Å². The highest BCUT2D eigenvalue weighted by Crippen LogP contribution is 2.41. The zero-order valence-corrected chi connectivity index (χ0v) is 13.8. The molecule has 1 amide bonds. The summed E-state index contributed by atoms with van der Waals surface area (Å²) in [5, 5.41) is -0.0416. The molecule has 2 aliphatic rings. The Morgan fingerprint density at radius 1 is 1.39 bits per heavy atom. The van der Waals surface area contributed by atoms with Crippen LogP contribution in [0.3, 0.4) is 0 Å². The summed E-state index contributed by atoms with van der Waals surface area (Å²) < 4.78 is 51.0. The van der Waals surface area contributed by atoms with E-state index in [0.717, 1.165) is 23.9 Å². The molecular weight excluding hydrogens is 346 g/mol. The van der Waals surface area contributed by atoms with Gasteiger partial charge in [0.25, 0.3) is 0 Å². The van der Waals surface area contributed by atoms with Gasteiger partial charge in [0.1, 0.15) is 11.6 Å². The van der Waals surface area contributed by atoms with E-state index in [1.54, 1.807) is 6.92 Å². The van der Waals surface area contributed by atoms with Crippen LogP contribution in [0.4, 0.5) is 14.5 Å². The van der Waals surface area contributed by atoms with Gasteiger partial charge in [0.15, 0.2) is 15.0 Å². The van der Waals surface area contributed by atoms with Gasteiger partial charge in [-0.15, -0.1) is 0 Å². The molecule has 3 rings (SSSR count). The number of benzene rings is 1. The van der Waals surface area contributed by atoms with Crippen LogP contribution in [0, 0.1) is 11.6 Å². The van der Waals surface area contributed by atoms with Gasteiger partial charge in [-0.05, 0) is 12.1 Å². The third-order valence-electron chi connectivity index (χ3n) is 3.76. The number of carbonyl (C=O) groups is 1. The molecule has 5 nitrogen and oxygen atoms in total. The van der Waals surface area contributed by atoms with Gasteiger partial charge in [-0.25, -0.2) is 17.2 Å². The maximum Gasteiger partial charge on any atom is 0.247 e. The van der Waals surface area contributed by atoms with E-state index in [1.165, 1.54) is 11.0 Å². The Bertz CT molecular complexity index is 795. The number of hydrogen-bond donors (Lipinski definition) is 0. The fraction of sp³-hybridized carbons (Fsp3) is 0.429. The highest BCUT2D eigenvalue weighted by atomic mass is 32.2. The predicted octanol–water partition coefficient (Wildman–Crippen LogP) is 1.98. The smallest absolute Gasteiger partial charge is 0.247 e. The molecule has 2 aliphatic heterocycles. The first-order chi connectivity index (χ1) is 10.8. The van der Waals surface area contributed by atoms with Gasteiger partial charge in [0.05, 0.1) is 23.2 Å². The molecule has 0 bridgehead atoms. The van der Waals surface area contributed by atoms with Gasteiger partial charge in [-0.1, -0.05) is 18.7 Å². The quantitative estimate of drug-likeness (QED) is 0.807. The van der Waals surface area contributed by atoms with Crippen molar-refractivity contribution in [3.8, 4) is 0 Å². The summed E-state index contributed by atoms with van der Waals surface area (Å²) in [6, 6.07) is 2.56. The molecule has 0 aliphatic carbocycles. The molecule has 0 saturated carbocycles. The number of carbonyl (C=O) groups excluding carboxylic acids is 1. The minimum absolute atomic E-state index is 0.0335. The highest BCUT2D eigenvalue weighted by Gasteiger charge is 2.49. The molecule has 2 saturated heterocycles. The number of halogens is 2. The minimum Gasteiger partial charge on any atom is -0.313 e. The zero-order chi connectivity index (χ0) is 16.8. The third kappa shape index (κ3) is 3.12. The zero-order valence-electron chi connectivity index (χ0n) is 12.2. The van der Waals surface area contributed by atoms with E-state index in [-0.39, 0.29) is 39.9 Å². The molecule has 0 spiro atoms. The van der Waals surface area contributed by atoms with Crippen LogP contribution in [0.25, 0.3) is 0 Å². The fourth-order valence-corrected chi connectivity index (χ4v) is 6.63. The molecule has 0 aromatic heterocycles. The topological polar surface area (TPSA) is 66.8 Å². The van der Waals surface area contributed by atoms with Crippen LogP contribution in [0.15, 0.2) is 23.2 Å². The summed E-state index contributed by atoms with van der Waals surface area (Å²) in [4.78, 5) is 17.0. The minimum atomic E-state index is -3.22. The lowest BCUT2D eigenvalue weighted by Crippen LogP contribution is -2.38. The van der Waals surface area contributed by atoms with Crippen molar-refractivity contribution in [2.45, 2.75) is 24.6 Å². The lowest BCUT2D eigenvalue weighted by molar-refractivity contribution is -0.117. The van der Waals surface area contributed by atoms with Crippen molar-refractivity contribution in [2.75, 3.05) is 16.4 Å². The Hall–Kier alpha value is -1.48. The molecule has 2 heterocycles. The lowest BCUT2D eigenvalue weighted by Gasteiger charge is -2.24. The largest absolute Gasteiger partial charge is 0.313 e. The van der Waals surface area contributed by atoms with E-state index in [4.69, 9.17) is 0 Å². The molecule has 2 fully saturated rings. The van der Waals surface area contributed by atoms with E-state index < -0.39 is 27.5 Å². The number of hydrogen-bond acceptors (Lipinski definition) is 4. The van der Waals surface area contributed by atoms with Crippen LogP contribution < -0.4 is 4.90 Å². The first-order valence-corrected chi connectivity index (χ1v) is 9.73. The van der Waals surface area contributed by atoms with Crippen LogP contribution in [0.5, 0.6) is 0 Å². The second-order valence-corrected chi connectivity index (χ2v) is 8.77. The molecule has 23 heavy (non-hydrogen) atoms. The average molecular weight is 360 g/mol. The second kappa shape index (κ2) is 5.86. The molecule has 0 radical (unpaired) electrons. The number of amidine groups is 1. The van der Waals surface area contributed by atoms with Crippen molar-refractivity contribution >= 4 is 38.4 Å². The number of anilines is 1. The van der Waals surface area contributed by atoms with Crippen molar-refractivity contribution in [1.82, 2.24) is 0 Å². The van der Waals surface area contributed by atoms with E-state index in [0.29, 0.717) is 0 Å². The maximum absolute atomic E-state index is 14.2. The Kier molecular flexibility index (Phi) is 4.18. The molecule has 0 N–H and O–H groups in total. The fourth-order valence-electron chi connectivity index (χ4n) is 2.71. The van der Waals surface area contributed by atoms with Crippen LogP contribution in [0.1, 0.15) is 13.3 Å². The number of fused-ring (bicyclic) bond motifs is 1. The van der Waals surface area contributed by atoms with Gasteiger partial charge in [-0.2, -0.15) is 4.99 Å². The average Bonchev–Trinajstić information content (AvgIpc) is 2.91. The second-order valence-electron chi connectivity index (χ2n) is 5.41. The summed E-state index contributed by atoms with van der Waals surface area (Å²) in [5.74, 6) is -2.09. The molecular formula is C14H14F2N2O3S2. The van der Waals surface area contributed by atoms with Crippen molar-refractivity contribution < 1.29 is 22.0 Å².